The molecule has 4 aromatic heterocycles. The minimum atomic E-state index is -4.86. The summed E-state index contributed by atoms with van der Waals surface area (Å²) in [6.07, 6.45) is 13.9. The lowest BCUT2D eigenvalue weighted by molar-refractivity contribution is -0.274. The molecule has 0 amide bonds. The zero-order chi connectivity index (χ0) is 40.8. The first-order valence-corrected chi connectivity index (χ1v) is 19.6. The van der Waals surface area contributed by atoms with E-state index >= 15 is 0 Å². The molecule has 0 radical (unpaired) electrons. The molecule has 4 heterocycles. The molecule has 0 atom stereocenters. The molecule has 14 nitrogen and oxygen atoms in total. The maximum absolute atomic E-state index is 13.2. The van der Waals surface area contributed by atoms with Gasteiger partial charge in [-0.05, 0) is 87.5 Å². The average Bonchev–Trinajstić information content (AvgIpc) is 3.95. The van der Waals surface area contributed by atoms with Crippen LogP contribution in [0.15, 0.2) is 92.0 Å². The fourth-order valence-corrected chi connectivity index (χ4v) is 7.60. The van der Waals surface area contributed by atoms with Crippen LogP contribution >= 0.6 is 0 Å². The van der Waals surface area contributed by atoms with Crippen molar-refractivity contribution < 1.29 is 27.4 Å². The number of anilines is 1. The Hall–Kier alpha value is -6.54. The molecule has 2 aliphatic carbocycles. The molecule has 304 valence electrons. The normalized spacial score (nSPS) is 19.4. The molecule has 0 unspecified atom stereocenters. The summed E-state index contributed by atoms with van der Waals surface area (Å²) in [6, 6.07) is 15.6. The van der Waals surface area contributed by atoms with Crippen molar-refractivity contribution in [3.63, 3.8) is 0 Å². The summed E-state index contributed by atoms with van der Waals surface area (Å²) in [5, 5.41) is 21.9. The number of para-hydroxylation sites is 3. The monoisotopic (exact) mass is 805 g/mol. The second-order valence-corrected chi connectivity index (χ2v) is 14.9. The highest BCUT2D eigenvalue weighted by atomic mass is 19.4. The number of nitriles is 1. The standard InChI is InChI=1S/C42H42F3N11O3/c43-42(44,45)59-36-8-4-3-7-35(36)56-23-31(19-52-56)40-38(58-24-27-9-13-32(47)14-10-27)21-49-41(54-40)53-33-15-11-28(12-16-33)25-57-37-20-48-26-50-39(37)30-18-51-55(22-30)34-6-2-1-5-29(34)17-46/h1-8,18-23,26-28,32-33H,9-16,24-25,47H2,(H,49,53,54). The Kier molecular flexibility index (Phi) is 11.7. The van der Waals surface area contributed by atoms with E-state index in [0.717, 1.165) is 56.9 Å². The third-order valence-electron chi connectivity index (χ3n) is 10.8. The molecule has 2 saturated carbocycles. The van der Waals surface area contributed by atoms with Crippen molar-refractivity contribution in [3.8, 4) is 57.2 Å². The molecular formula is C42H42F3N11O3. The van der Waals surface area contributed by atoms with Gasteiger partial charge in [0, 0.05) is 35.6 Å². The van der Waals surface area contributed by atoms with Crippen LogP contribution < -0.4 is 25.3 Å². The zero-order valence-electron chi connectivity index (χ0n) is 32.0. The molecule has 2 aromatic carbocycles. The largest absolute Gasteiger partial charge is 0.573 e. The number of alkyl halides is 3. The highest BCUT2D eigenvalue weighted by Crippen LogP contribution is 2.35. The van der Waals surface area contributed by atoms with Gasteiger partial charge in [-0.1, -0.05) is 24.3 Å². The summed E-state index contributed by atoms with van der Waals surface area (Å²) in [7, 11) is 0. The van der Waals surface area contributed by atoms with Crippen LogP contribution in [-0.4, -0.2) is 71.2 Å². The fraction of sp³-hybridized carbons (Fsp3) is 0.357. The topological polar surface area (TPSA) is 177 Å². The Morgan fingerprint density at radius 3 is 2.03 bits per heavy atom. The Bertz CT molecular complexity index is 2400. The number of rotatable bonds is 13. The summed E-state index contributed by atoms with van der Waals surface area (Å²) < 4.78 is 59.5. The molecule has 8 rings (SSSR count). The second kappa shape index (κ2) is 17.5. The number of nitrogens with two attached hydrogens (primary N) is 1. The molecule has 0 saturated heterocycles. The number of aromatic nitrogens is 8. The summed E-state index contributed by atoms with van der Waals surface area (Å²) >= 11 is 0. The molecule has 0 spiro atoms. The number of hydrogen-bond acceptors (Lipinski definition) is 12. The first-order chi connectivity index (χ1) is 28.7. The number of hydrogen-bond donors (Lipinski definition) is 2. The third kappa shape index (κ3) is 9.61. The van der Waals surface area contributed by atoms with E-state index in [2.05, 4.69) is 41.3 Å². The SMILES string of the molecule is N#Cc1ccccc1-n1cc(-c2ncncc2OCC2CCC(Nc3ncc(OCC4CCC(N)CC4)c(-c4cnn(-c5ccccc5OC(F)(F)F)c4)n3)CC2)cn1. The Labute approximate surface area is 338 Å². The van der Waals surface area contributed by atoms with E-state index in [0.29, 0.717) is 70.7 Å². The number of ether oxygens (including phenoxy) is 3. The lowest BCUT2D eigenvalue weighted by Crippen LogP contribution is -2.29. The number of benzene rings is 2. The van der Waals surface area contributed by atoms with Gasteiger partial charge in [-0.2, -0.15) is 15.5 Å². The Morgan fingerprint density at radius 2 is 1.34 bits per heavy atom. The van der Waals surface area contributed by atoms with Crippen LogP contribution in [0.5, 0.6) is 17.2 Å². The van der Waals surface area contributed by atoms with Crippen LogP contribution in [0.3, 0.4) is 0 Å². The summed E-state index contributed by atoms with van der Waals surface area (Å²) in [4.78, 5) is 18.2. The van der Waals surface area contributed by atoms with Crippen LogP contribution in [0.1, 0.15) is 56.9 Å². The molecule has 17 heteroatoms. The number of nitrogens with one attached hydrogen (secondary N) is 1. The van der Waals surface area contributed by atoms with Crippen LogP contribution in [-0.2, 0) is 0 Å². The van der Waals surface area contributed by atoms with Crippen LogP contribution in [0.25, 0.3) is 33.9 Å². The van der Waals surface area contributed by atoms with Gasteiger partial charge < -0.3 is 25.3 Å². The van der Waals surface area contributed by atoms with Crippen molar-refractivity contribution in [1.82, 2.24) is 39.5 Å². The maximum atomic E-state index is 13.2. The minimum absolute atomic E-state index is 0.101. The average molecular weight is 806 g/mol. The molecule has 0 aliphatic heterocycles. The molecule has 2 aliphatic rings. The van der Waals surface area contributed by atoms with Crippen LogP contribution in [0.4, 0.5) is 19.1 Å². The zero-order valence-corrected chi connectivity index (χ0v) is 32.0. The van der Waals surface area contributed by atoms with Crippen molar-refractivity contribution in [3.05, 3.63) is 97.6 Å². The van der Waals surface area contributed by atoms with Crippen molar-refractivity contribution in [2.75, 3.05) is 18.5 Å². The van der Waals surface area contributed by atoms with Crippen molar-refractivity contribution in [2.45, 2.75) is 69.8 Å². The van der Waals surface area contributed by atoms with E-state index < -0.39 is 6.36 Å². The van der Waals surface area contributed by atoms with Gasteiger partial charge in [0.25, 0.3) is 0 Å². The van der Waals surface area contributed by atoms with Crippen molar-refractivity contribution >= 4 is 5.95 Å². The van der Waals surface area contributed by atoms with Gasteiger partial charge in [-0.3, -0.25) is 0 Å². The first kappa shape index (κ1) is 39.3. The minimum Gasteiger partial charge on any atom is -0.489 e. The van der Waals surface area contributed by atoms with Crippen LogP contribution in [0.2, 0.25) is 0 Å². The van der Waals surface area contributed by atoms with E-state index in [1.165, 1.54) is 35.4 Å². The molecule has 0 bridgehead atoms. The summed E-state index contributed by atoms with van der Waals surface area (Å²) in [6.45, 7) is 0.953. The predicted molar refractivity (Wildman–Crippen MR) is 211 cm³/mol. The van der Waals surface area contributed by atoms with E-state index in [9.17, 15) is 18.4 Å². The maximum Gasteiger partial charge on any atom is 0.573 e. The number of halogens is 3. The van der Waals surface area contributed by atoms with Gasteiger partial charge in [0.1, 0.15) is 29.5 Å². The highest BCUT2D eigenvalue weighted by Gasteiger charge is 2.32. The van der Waals surface area contributed by atoms with Gasteiger partial charge >= 0.3 is 6.36 Å². The van der Waals surface area contributed by atoms with Gasteiger partial charge in [-0.15, -0.1) is 13.2 Å². The quantitative estimate of drug-likeness (QED) is 0.117. The lowest BCUT2D eigenvalue weighted by atomic mass is 9.86. The second-order valence-electron chi connectivity index (χ2n) is 14.9. The van der Waals surface area contributed by atoms with E-state index in [4.69, 9.17) is 20.2 Å². The van der Waals surface area contributed by atoms with Gasteiger partial charge in [0.2, 0.25) is 5.95 Å². The van der Waals surface area contributed by atoms with E-state index in [-0.39, 0.29) is 23.5 Å². The molecule has 59 heavy (non-hydrogen) atoms. The fourth-order valence-electron chi connectivity index (χ4n) is 7.60. The lowest BCUT2D eigenvalue weighted by Gasteiger charge is -2.29. The highest BCUT2D eigenvalue weighted by molar-refractivity contribution is 5.67. The van der Waals surface area contributed by atoms with Crippen molar-refractivity contribution in [1.29, 1.82) is 5.26 Å². The molecular weight excluding hydrogens is 764 g/mol. The smallest absolute Gasteiger partial charge is 0.489 e. The molecule has 2 fully saturated rings. The van der Waals surface area contributed by atoms with Gasteiger partial charge in [-0.25, -0.2) is 29.3 Å². The van der Waals surface area contributed by atoms with Gasteiger partial charge in [0.05, 0.1) is 49.3 Å². The van der Waals surface area contributed by atoms with Crippen molar-refractivity contribution in [2.24, 2.45) is 17.6 Å². The third-order valence-corrected chi connectivity index (χ3v) is 10.8. The summed E-state index contributed by atoms with van der Waals surface area (Å²) in [5.41, 5.74) is 9.79. The predicted octanol–water partition coefficient (Wildman–Crippen LogP) is 7.69. The first-order valence-electron chi connectivity index (χ1n) is 19.6. The Balaban J connectivity index is 0.928. The van der Waals surface area contributed by atoms with E-state index in [1.54, 1.807) is 41.6 Å². The Morgan fingerprint density at radius 1 is 0.729 bits per heavy atom. The molecule has 3 N–H and O–H groups in total. The van der Waals surface area contributed by atoms with Gasteiger partial charge in [0.15, 0.2) is 17.2 Å². The van der Waals surface area contributed by atoms with Crippen LogP contribution in [0, 0.1) is 23.2 Å². The van der Waals surface area contributed by atoms with E-state index in [1.807, 2.05) is 24.4 Å². The summed E-state index contributed by atoms with van der Waals surface area (Å²) in [5.74, 6) is 1.67. The number of nitrogens with zero attached hydrogens (tertiary/aromatic N) is 9. The molecule has 6 aromatic rings.